The fraction of sp³-hybridized carbons (Fsp3) is 0.364. The Morgan fingerprint density at radius 2 is 1.73 bits per heavy atom. The van der Waals surface area contributed by atoms with E-state index in [-0.39, 0.29) is 6.61 Å². The van der Waals surface area contributed by atoms with E-state index in [2.05, 4.69) is 40.6 Å². The van der Waals surface area contributed by atoms with Crippen LogP contribution >= 0.6 is 27.5 Å². The molecule has 0 fully saturated rings. The van der Waals surface area contributed by atoms with Crippen molar-refractivity contribution in [1.82, 2.24) is 10.9 Å². The lowest BCUT2D eigenvalue weighted by Crippen LogP contribution is -2.43. The van der Waals surface area contributed by atoms with E-state index in [1.165, 1.54) is 0 Å². The second-order valence-corrected chi connectivity index (χ2v) is 8.57. The van der Waals surface area contributed by atoms with Gasteiger partial charge in [-0.3, -0.25) is 20.4 Å². The summed E-state index contributed by atoms with van der Waals surface area (Å²) < 4.78 is 11.8. The lowest BCUT2D eigenvalue weighted by molar-refractivity contribution is -0.123. The minimum absolute atomic E-state index is 0.243. The number of hydrazine groups is 1. The third-order valence-electron chi connectivity index (χ3n) is 4.24. The van der Waals surface area contributed by atoms with Crippen molar-refractivity contribution in [1.29, 1.82) is 0 Å². The zero-order valence-electron chi connectivity index (χ0n) is 17.5. The number of carbonyl (C=O) groups excluding carboxylic acids is 2. The zero-order chi connectivity index (χ0) is 22.3. The van der Waals surface area contributed by atoms with Gasteiger partial charge in [0.05, 0.1) is 11.1 Å². The Hall–Kier alpha value is -2.25. The van der Waals surface area contributed by atoms with Crippen LogP contribution in [0.25, 0.3) is 0 Å². The van der Waals surface area contributed by atoms with Crippen molar-refractivity contribution in [2.24, 2.45) is 5.92 Å². The molecule has 0 aliphatic rings. The van der Waals surface area contributed by atoms with Gasteiger partial charge in [-0.15, -0.1) is 0 Å². The molecular weight excluding hydrogens is 472 g/mol. The van der Waals surface area contributed by atoms with Crippen molar-refractivity contribution in [2.75, 3.05) is 13.2 Å². The normalized spacial score (nSPS) is 10.6. The van der Waals surface area contributed by atoms with E-state index < -0.39 is 11.8 Å². The smallest absolute Gasteiger partial charge is 0.276 e. The molecule has 0 atom stereocenters. The molecule has 0 aliphatic carbocycles. The first-order valence-corrected chi connectivity index (χ1v) is 10.8. The van der Waals surface area contributed by atoms with Crippen molar-refractivity contribution in [3.8, 4) is 11.5 Å². The quantitative estimate of drug-likeness (QED) is 0.504. The van der Waals surface area contributed by atoms with Crippen LogP contribution in [0, 0.1) is 19.8 Å². The van der Waals surface area contributed by atoms with Crippen molar-refractivity contribution in [3.05, 3.63) is 56.5 Å². The van der Waals surface area contributed by atoms with Crippen LogP contribution in [0.2, 0.25) is 5.02 Å². The summed E-state index contributed by atoms with van der Waals surface area (Å²) in [6, 6.07) is 8.50. The van der Waals surface area contributed by atoms with Crippen LogP contribution in [0.3, 0.4) is 0 Å². The van der Waals surface area contributed by atoms with Gasteiger partial charge in [0.2, 0.25) is 0 Å². The molecule has 8 heteroatoms. The van der Waals surface area contributed by atoms with Crippen LogP contribution < -0.4 is 20.3 Å². The van der Waals surface area contributed by atoms with Gasteiger partial charge in [0.1, 0.15) is 11.5 Å². The standard InChI is InChI=1S/C22H26BrClN2O4/c1-13(2)7-8-29-19-6-5-16(11-18(19)23)22(28)26-25-20(27)12-30-17-9-14(3)21(24)15(4)10-17/h5-6,9-11,13H,7-8,12H2,1-4H3,(H,25,27)(H,26,28). The topological polar surface area (TPSA) is 76.7 Å². The molecule has 0 spiro atoms. The first-order chi connectivity index (χ1) is 14.2. The summed E-state index contributed by atoms with van der Waals surface area (Å²) in [5, 5.41) is 0.668. The molecule has 6 nitrogen and oxygen atoms in total. The van der Waals surface area contributed by atoms with Gasteiger partial charge in [0.25, 0.3) is 11.8 Å². The Bertz CT molecular complexity index is 895. The highest BCUT2D eigenvalue weighted by atomic mass is 79.9. The van der Waals surface area contributed by atoms with Crippen LogP contribution in [-0.2, 0) is 4.79 Å². The molecule has 2 aromatic rings. The third kappa shape index (κ3) is 7.22. The number of amides is 2. The first-order valence-electron chi connectivity index (χ1n) is 9.58. The first kappa shape index (κ1) is 24.0. The lowest BCUT2D eigenvalue weighted by Gasteiger charge is -2.12. The zero-order valence-corrected chi connectivity index (χ0v) is 19.8. The van der Waals surface area contributed by atoms with E-state index in [0.29, 0.717) is 39.1 Å². The lowest BCUT2D eigenvalue weighted by atomic mass is 10.1. The SMILES string of the molecule is Cc1cc(OCC(=O)NNC(=O)c2ccc(OCCC(C)C)c(Br)c2)cc(C)c1Cl. The average Bonchev–Trinajstić information content (AvgIpc) is 2.69. The molecule has 0 saturated carbocycles. The van der Waals surface area contributed by atoms with E-state index in [4.69, 9.17) is 21.1 Å². The number of benzene rings is 2. The predicted octanol–water partition coefficient (Wildman–Crippen LogP) is 4.98. The molecule has 0 aromatic heterocycles. The Balaban J connectivity index is 1.83. The van der Waals surface area contributed by atoms with Crippen LogP contribution in [0.1, 0.15) is 41.8 Å². The highest BCUT2D eigenvalue weighted by Gasteiger charge is 2.12. The number of ether oxygens (including phenoxy) is 2. The molecule has 162 valence electrons. The van der Waals surface area contributed by atoms with Crippen molar-refractivity contribution < 1.29 is 19.1 Å². The molecule has 0 unspecified atom stereocenters. The summed E-state index contributed by atoms with van der Waals surface area (Å²) in [6.07, 6.45) is 0.942. The Labute approximate surface area is 190 Å². The average molecular weight is 498 g/mol. The molecule has 0 saturated heterocycles. The fourth-order valence-corrected chi connectivity index (χ4v) is 3.14. The number of nitrogens with one attached hydrogen (secondary N) is 2. The molecule has 2 amide bonds. The summed E-state index contributed by atoms with van der Waals surface area (Å²) >= 11 is 9.53. The van der Waals surface area contributed by atoms with E-state index in [0.717, 1.165) is 17.5 Å². The second-order valence-electron chi connectivity index (χ2n) is 7.34. The molecule has 2 rings (SSSR count). The van der Waals surface area contributed by atoms with Crippen LogP contribution in [0.4, 0.5) is 0 Å². The second kappa shape index (κ2) is 11.2. The molecule has 0 radical (unpaired) electrons. The van der Waals surface area contributed by atoms with Crippen LogP contribution in [0.5, 0.6) is 11.5 Å². The number of hydrogen-bond acceptors (Lipinski definition) is 4. The van der Waals surface area contributed by atoms with Gasteiger partial charge in [0, 0.05) is 10.6 Å². The minimum atomic E-state index is -0.485. The molecule has 0 bridgehead atoms. The molecule has 30 heavy (non-hydrogen) atoms. The molecule has 0 heterocycles. The van der Waals surface area contributed by atoms with Gasteiger partial charge >= 0.3 is 0 Å². The summed E-state index contributed by atoms with van der Waals surface area (Å²) in [7, 11) is 0. The molecular formula is C22H26BrClN2O4. The van der Waals surface area contributed by atoms with Crippen LogP contribution in [-0.4, -0.2) is 25.0 Å². The highest BCUT2D eigenvalue weighted by molar-refractivity contribution is 9.10. The third-order valence-corrected chi connectivity index (χ3v) is 5.46. The summed E-state index contributed by atoms with van der Waals surface area (Å²) in [4.78, 5) is 24.3. The summed E-state index contributed by atoms with van der Waals surface area (Å²) in [5.41, 5.74) is 6.81. The monoisotopic (exact) mass is 496 g/mol. The molecule has 2 N–H and O–H groups in total. The Morgan fingerprint density at radius 1 is 1.07 bits per heavy atom. The van der Waals surface area contributed by atoms with Gasteiger partial charge in [-0.05, 0) is 83.6 Å². The largest absolute Gasteiger partial charge is 0.492 e. The highest BCUT2D eigenvalue weighted by Crippen LogP contribution is 2.27. The van der Waals surface area contributed by atoms with Crippen molar-refractivity contribution in [3.63, 3.8) is 0 Å². The number of hydrogen-bond donors (Lipinski definition) is 2. The van der Waals surface area contributed by atoms with Crippen LogP contribution in [0.15, 0.2) is 34.8 Å². The van der Waals surface area contributed by atoms with Crippen molar-refractivity contribution in [2.45, 2.75) is 34.1 Å². The van der Waals surface area contributed by atoms with E-state index in [1.54, 1.807) is 30.3 Å². The number of aryl methyl sites for hydroxylation is 2. The maximum atomic E-state index is 12.3. The predicted molar refractivity (Wildman–Crippen MR) is 121 cm³/mol. The minimum Gasteiger partial charge on any atom is -0.492 e. The van der Waals surface area contributed by atoms with E-state index in [1.807, 2.05) is 13.8 Å². The summed E-state index contributed by atoms with van der Waals surface area (Å²) in [5.74, 6) is 0.817. The van der Waals surface area contributed by atoms with Gasteiger partial charge in [-0.1, -0.05) is 25.4 Å². The number of halogens is 2. The summed E-state index contributed by atoms with van der Waals surface area (Å²) in [6.45, 7) is 8.34. The van der Waals surface area contributed by atoms with Gasteiger partial charge in [-0.2, -0.15) is 0 Å². The van der Waals surface area contributed by atoms with Crippen molar-refractivity contribution >= 4 is 39.3 Å². The van der Waals surface area contributed by atoms with E-state index >= 15 is 0 Å². The molecule has 0 aliphatic heterocycles. The van der Waals surface area contributed by atoms with E-state index in [9.17, 15) is 9.59 Å². The Kier molecular flexibility index (Phi) is 8.99. The number of carbonyl (C=O) groups is 2. The Morgan fingerprint density at radius 3 is 2.33 bits per heavy atom. The maximum absolute atomic E-state index is 12.3. The van der Waals surface area contributed by atoms with Gasteiger partial charge in [-0.25, -0.2) is 0 Å². The number of rotatable bonds is 8. The maximum Gasteiger partial charge on any atom is 0.276 e. The van der Waals surface area contributed by atoms with Gasteiger partial charge in [0.15, 0.2) is 6.61 Å². The molecule has 2 aromatic carbocycles. The van der Waals surface area contributed by atoms with Gasteiger partial charge < -0.3 is 9.47 Å². The fourth-order valence-electron chi connectivity index (χ4n) is 2.54.